The zero-order valence-corrected chi connectivity index (χ0v) is 15.3. The molecule has 2 atom stereocenters. The molecule has 6 nitrogen and oxygen atoms in total. The SMILES string of the molecule is O=C(CN1C[C@H]2CC[C@@H]1CN(C(=O)c1ccccc1)C2)NCc1ccco1. The van der Waals surface area contributed by atoms with Gasteiger partial charge >= 0.3 is 0 Å². The van der Waals surface area contributed by atoms with E-state index in [1.807, 2.05) is 47.4 Å². The van der Waals surface area contributed by atoms with Gasteiger partial charge in [0.25, 0.3) is 5.91 Å². The van der Waals surface area contributed by atoms with E-state index in [-0.39, 0.29) is 17.9 Å². The molecule has 2 bridgehead atoms. The molecular formula is C21H25N3O3. The molecule has 3 aliphatic rings. The zero-order chi connectivity index (χ0) is 18.6. The Morgan fingerprint density at radius 1 is 1.04 bits per heavy atom. The lowest BCUT2D eigenvalue weighted by atomic mass is 9.95. The van der Waals surface area contributed by atoms with E-state index in [0.29, 0.717) is 25.6 Å². The van der Waals surface area contributed by atoms with Gasteiger partial charge in [-0.1, -0.05) is 18.2 Å². The molecular weight excluding hydrogens is 342 g/mol. The van der Waals surface area contributed by atoms with E-state index in [1.54, 1.807) is 6.26 Å². The second-order valence-corrected chi connectivity index (χ2v) is 7.46. The van der Waals surface area contributed by atoms with Crippen LogP contribution >= 0.6 is 0 Å². The number of furan rings is 1. The van der Waals surface area contributed by atoms with Crippen molar-refractivity contribution in [3.8, 4) is 0 Å². The molecule has 2 amide bonds. The van der Waals surface area contributed by atoms with Gasteiger partial charge in [0, 0.05) is 31.2 Å². The van der Waals surface area contributed by atoms with Crippen LogP contribution in [0.2, 0.25) is 0 Å². The highest BCUT2D eigenvalue weighted by atomic mass is 16.3. The van der Waals surface area contributed by atoms with Crippen LogP contribution in [-0.2, 0) is 11.3 Å². The predicted molar refractivity (Wildman–Crippen MR) is 101 cm³/mol. The number of carbonyl (C=O) groups is 2. The molecule has 3 fully saturated rings. The van der Waals surface area contributed by atoms with E-state index in [9.17, 15) is 9.59 Å². The second-order valence-electron chi connectivity index (χ2n) is 7.46. The van der Waals surface area contributed by atoms with Crippen LogP contribution in [0.3, 0.4) is 0 Å². The van der Waals surface area contributed by atoms with Crippen molar-refractivity contribution in [2.75, 3.05) is 26.2 Å². The molecule has 3 aliphatic heterocycles. The van der Waals surface area contributed by atoms with Crippen molar-refractivity contribution in [1.82, 2.24) is 15.1 Å². The van der Waals surface area contributed by atoms with Gasteiger partial charge in [0.1, 0.15) is 5.76 Å². The topological polar surface area (TPSA) is 65.8 Å². The lowest BCUT2D eigenvalue weighted by Crippen LogP contribution is -2.48. The van der Waals surface area contributed by atoms with Crippen LogP contribution in [0.5, 0.6) is 0 Å². The van der Waals surface area contributed by atoms with E-state index in [1.165, 1.54) is 0 Å². The molecule has 1 aromatic carbocycles. The summed E-state index contributed by atoms with van der Waals surface area (Å²) in [4.78, 5) is 29.4. The highest BCUT2D eigenvalue weighted by Crippen LogP contribution is 2.28. The van der Waals surface area contributed by atoms with Gasteiger partial charge in [0.15, 0.2) is 0 Å². The first-order chi connectivity index (χ1) is 13.2. The minimum atomic E-state index is -0.000106. The van der Waals surface area contributed by atoms with Crippen LogP contribution in [0.15, 0.2) is 53.1 Å². The molecule has 2 aromatic rings. The molecule has 0 aliphatic carbocycles. The highest BCUT2D eigenvalue weighted by molar-refractivity contribution is 5.94. The average Bonchev–Trinajstić information content (AvgIpc) is 3.06. The van der Waals surface area contributed by atoms with Crippen molar-refractivity contribution in [1.29, 1.82) is 0 Å². The molecule has 4 heterocycles. The van der Waals surface area contributed by atoms with Crippen molar-refractivity contribution in [3.63, 3.8) is 0 Å². The highest BCUT2D eigenvalue weighted by Gasteiger charge is 2.37. The van der Waals surface area contributed by atoms with Gasteiger partial charge in [0.05, 0.1) is 19.4 Å². The van der Waals surface area contributed by atoms with Gasteiger partial charge in [-0.25, -0.2) is 0 Å². The number of amides is 2. The lowest BCUT2D eigenvalue weighted by molar-refractivity contribution is -0.123. The Morgan fingerprint density at radius 2 is 1.89 bits per heavy atom. The number of benzene rings is 1. The van der Waals surface area contributed by atoms with Crippen LogP contribution in [0.4, 0.5) is 0 Å². The maximum absolute atomic E-state index is 12.9. The van der Waals surface area contributed by atoms with Crippen LogP contribution in [-0.4, -0.2) is 53.8 Å². The van der Waals surface area contributed by atoms with Crippen LogP contribution in [0.1, 0.15) is 29.0 Å². The Balaban J connectivity index is 1.36. The summed E-state index contributed by atoms with van der Waals surface area (Å²) in [5, 5.41) is 2.92. The molecule has 142 valence electrons. The third-order valence-electron chi connectivity index (χ3n) is 5.52. The summed E-state index contributed by atoms with van der Waals surface area (Å²) in [6.07, 6.45) is 3.76. The molecule has 1 N–H and O–H groups in total. The summed E-state index contributed by atoms with van der Waals surface area (Å²) in [7, 11) is 0. The molecule has 0 saturated carbocycles. The molecule has 5 rings (SSSR count). The lowest BCUT2D eigenvalue weighted by Gasteiger charge is -2.35. The third-order valence-corrected chi connectivity index (χ3v) is 5.52. The summed E-state index contributed by atoms with van der Waals surface area (Å²) in [6.45, 7) is 3.11. The molecule has 0 unspecified atom stereocenters. The summed E-state index contributed by atoms with van der Waals surface area (Å²) in [5.74, 6) is 1.27. The van der Waals surface area contributed by atoms with Gasteiger partial charge in [0.2, 0.25) is 5.91 Å². The second kappa shape index (κ2) is 7.96. The van der Waals surface area contributed by atoms with E-state index in [4.69, 9.17) is 4.42 Å². The van der Waals surface area contributed by atoms with E-state index >= 15 is 0 Å². The number of rotatable bonds is 5. The fourth-order valence-corrected chi connectivity index (χ4v) is 4.14. The minimum Gasteiger partial charge on any atom is -0.467 e. The Hall–Kier alpha value is -2.60. The third kappa shape index (κ3) is 4.22. The summed E-state index contributed by atoms with van der Waals surface area (Å²) in [6, 6.07) is 13.4. The van der Waals surface area contributed by atoms with Gasteiger partial charge in [-0.15, -0.1) is 0 Å². The summed E-state index contributed by atoms with van der Waals surface area (Å²) < 4.78 is 5.25. The summed E-state index contributed by atoms with van der Waals surface area (Å²) in [5.41, 5.74) is 0.738. The van der Waals surface area contributed by atoms with E-state index in [0.717, 1.165) is 37.3 Å². The number of nitrogens with zero attached hydrogens (tertiary/aromatic N) is 2. The van der Waals surface area contributed by atoms with Crippen molar-refractivity contribution in [2.45, 2.75) is 25.4 Å². The first-order valence-electron chi connectivity index (χ1n) is 9.56. The number of nitrogens with one attached hydrogen (secondary N) is 1. The van der Waals surface area contributed by atoms with Gasteiger partial charge in [-0.3, -0.25) is 14.5 Å². The quantitative estimate of drug-likeness (QED) is 0.879. The number of carbonyl (C=O) groups excluding carboxylic acids is 2. The maximum atomic E-state index is 12.9. The summed E-state index contributed by atoms with van der Waals surface area (Å²) >= 11 is 0. The molecule has 0 spiro atoms. The maximum Gasteiger partial charge on any atom is 0.253 e. The first-order valence-corrected chi connectivity index (χ1v) is 9.56. The monoisotopic (exact) mass is 367 g/mol. The standard InChI is InChI=1S/C21H25N3O3/c25-20(22-11-19-7-4-10-27-19)15-23-12-16-8-9-18(23)14-24(13-16)21(26)17-5-2-1-3-6-17/h1-7,10,16,18H,8-9,11-15H2,(H,22,25)/t16-,18-/m1/s1. The number of hydrogen-bond donors (Lipinski definition) is 1. The van der Waals surface area contributed by atoms with Gasteiger partial charge in [-0.05, 0) is 43.0 Å². The predicted octanol–water partition coefficient (Wildman–Crippen LogP) is 2.13. The normalized spacial score (nSPS) is 22.4. The minimum absolute atomic E-state index is 0.000106. The van der Waals surface area contributed by atoms with Gasteiger partial charge in [-0.2, -0.15) is 0 Å². The Kier molecular flexibility index (Phi) is 5.25. The number of piperidine rings is 1. The zero-order valence-electron chi connectivity index (χ0n) is 15.3. The Bertz CT molecular complexity index is 775. The number of fused-ring (bicyclic) bond motifs is 4. The van der Waals surface area contributed by atoms with Gasteiger partial charge < -0.3 is 14.6 Å². The van der Waals surface area contributed by atoms with Crippen molar-refractivity contribution < 1.29 is 14.0 Å². The van der Waals surface area contributed by atoms with Crippen LogP contribution in [0.25, 0.3) is 0 Å². The van der Waals surface area contributed by atoms with E-state index < -0.39 is 0 Å². The van der Waals surface area contributed by atoms with Crippen molar-refractivity contribution in [3.05, 3.63) is 60.1 Å². The molecule has 3 saturated heterocycles. The van der Waals surface area contributed by atoms with Crippen LogP contribution in [0, 0.1) is 5.92 Å². The van der Waals surface area contributed by atoms with E-state index in [2.05, 4.69) is 10.2 Å². The smallest absolute Gasteiger partial charge is 0.253 e. The van der Waals surface area contributed by atoms with Crippen molar-refractivity contribution in [2.24, 2.45) is 5.92 Å². The fraction of sp³-hybridized carbons (Fsp3) is 0.429. The number of hydrogen-bond acceptors (Lipinski definition) is 4. The Labute approximate surface area is 159 Å². The van der Waals surface area contributed by atoms with Crippen molar-refractivity contribution >= 4 is 11.8 Å². The molecule has 0 radical (unpaired) electrons. The molecule has 6 heteroatoms. The average molecular weight is 367 g/mol. The fourth-order valence-electron chi connectivity index (χ4n) is 4.14. The Morgan fingerprint density at radius 3 is 2.67 bits per heavy atom. The van der Waals surface area contributed by atoms with Crippen LogP contribution < -0.4 is 5.32 Å². The largest absolute Gasteiger partial charge is 0.467 e. The molecule has 27 heavy (non-hydrogen) atoms. The first kappa shape index (κ1) is 17.8. The molecule has 1 aromatic heterocycles.